The van der Waals surface area contributed by atoms with E-state index in [0.717, 1.165) is 18.9 Å². The van der Waals surface area contributed by atoms with Crippen LogP contribution in [0.5, 0.6) is 0 Å². The van der Waals surface area contributed by atoms with E-state index in [1.807, 2.05) is 12.1 Å². The van der Waals surface area contributed by atoms with Crippen molar-refractivity contribution in [2.75, 3.05) is 23.3 Å². The van der Waals surface area contributed by atoms with Crippen molar-refractivity contribution in [3.8, 4) is 0 Å². The molecule has 0 saturated carbocycles. The molecule has 0 radical (unpaired) electrons. The standard InChI is InChI=1S/C18H20FN3O/c1-13-3-2-10-22(12-13)17-9-8-16(11-20-17)21-18(23)14-4-6-15(19)7-5-14/h4-9,11,13H,2-3,10,12H2,1H3,(H,21,23). The number of amides is 1. The van der Waals surface area contributed by atoms with E-state index in [9.17, 15) is 9.18 Å². The lowest BCUT2D eigenvalue weighted by atomic mass is 10.0. The van der Waals surface area contributed by atoms with Crippen molar-refractivity contribution in [3.63, 3.8) is 0 Å². The molecule has 1 amide bonds. The molecule has 1 aliphatic heterocycles. The van der Waals surface area contributed by atoms with Gasteiger partial charge in [0, 0.05) is 18.7 Å². The van der Waals surface area contributed by atoms with Gasteiger partial charge in [0.25, 0.3) is 5.91 Å². The molecule has 0 bridgehead atoms. The molecule has 1 saturated heterocycles. The Morgan fingerprint density at radius 1 is 1.26 bits per heavy atom. The third kappa shape index (κ3) is 3.86. The van der Waals surface area contributed by atoms with E-state index < -0.39 is 0 Å². The molecule has 120 valence electrons. The van der Waals surface area contributed by atoms with Gasteiger partial charge in [-0.3, -0.25) is 4.79 Å². The highest BCUT2D eigenvalue weighted by Gasteiger charge is 2.17. The van der Waals surface area contributed by atoms with Crippen molar-refractivity contribution in [1.29, 1.82) is 0 Å². The first-order valence-corrected chi connectivity index (χ1v) is 7.90. The van der Waals surface area contributed by atoms with Crippen LogP contribution < -0.4 is 10.2 Å². The number of carbonyl (C=O) groups is 1. The summed E-state index contributed by atoms with van der Waals surface area (Å²) in [6.07, 6.45) is 4.12. The quantitative estimate of drug-likeness (QED) is 0.939. The molecule has 3 rings (SSSR count). The monoisotopic (exact) mass is 313 g/mol. The number of pyridine rings is 1. The number of aromatic nitrogens is 1. The van der Waals surface area contributed by atoms with Crippen molar-refractivity contribution >= 4 is 17.4 Å². The fourth-order valence-electron chi connectivity index (χ4n) is 2.85. The summed E-state index contributed by atoms with van der Waals surface area (Å²) in [4.78, 5) is 18.8. The molecule has 5 heteroatoms. The molecule has 0 spiro atoms. The molecule has 2 aromatic rings. The summed E-state index contributed by atoms with van der Waals surface area (Å²) in [5.74, 6) is 0.995. The number of nitrogens with zero attached hydrogens (tertiary/aromatic N) is 2. The number of anilines is 2. The third-order valence-electron chi connectivity index (χ3n) is 4.09. The smallest absolute Gasteiger partial charge is 0.255 e. The number of rotatable bonds is 3. The van der Waals surface area contributed by atoms with Gasteiger partial charge in [-0.05, 0) is 55.2 Å². The normalized spacial score (nSPS) is 17.8. The maximum Gasteiger partial charge on any atom is 0.255 e. The molecule has 1 N–H and O–H groups in total. The lowest BCUT2D eigenvalue weighted by Gasteiger charge is -2.31. The Morgan fingerprint density at radius 3 is 2.70 bits per heavy atom. The summed E-state index contributed by atoms with van der Waals surface area (Å²) in [5.41, 5.74) is 1.05. The predicted molar refractivity (Wildman–Crippen MR) is 89.2 cm³/mol. The van der Waals surface area contributed by atoms with Gasteiger partial charge in [0.1, 0.15) is 11.6 Å². The van der Waals surface area contributed by atoms with Crippen molar-refractivity contribution in [1.82, 2.24) is 4.98 Å². The number of halogens is 1. The molecule has 4 nitrogen and oxygen atoms in total. The molecule has 1 atom stereocenters. The molecule has 1 aromatic carbocycles. The molecule has 1 aromatic heterocycles. The topological polar surface area (TPSA) is 45.2 Å². The van der Waals surface area contributed by atoms with Gasteiger partial charge in [0.15, 0.2) is 0 Å². The number of benzene rings is 1. The van der Waals surface area contributed by atoms with Crippen LogP contribution in [0.4, 0.5) is 15.9 Å². The van der Waals surface area contributed by atoms with Crippen molar-refractivity contribution in [3.05, 3.63) is 54.0 Å². The van der Waals surface area contributed by atoms with Crippen molar-refractivity contribution < 1.29 is 9.18 Å². The Bertz CT molecular complexity index is 670. The first kappa shape index (κ1) is 15.5. The second-order valence-electron chi connectivity index (χ2n) is 6.06. The Kier molecular flexibility index (Phi) is 4.55. The zero-order valence-corrected chi connectivity index (χ0v) is 13.1. The number of carbonyl (C=O) groups excluding carboxylic acids is 1. The minimum atomic E-state index is -0.358. The van der Waals surface area contributed by atoms with Crippen LogP contribution in [-0.4, -0.2) is 24.0 Å². The highest BCUT2D eigenvalue weighted by molar-refractivity contribution is 6.04. The SMILES string of the molecule is CC1CCCN(c2ccc(NC(=O)c3ccc(F)cc3)cn2)C1. The van der Waals surface area contributed by atoms with Gasteiger partial charge in [0.2, 0.25) is 0 Å². The average molecular weight is 313 g/mol. The molecule has 1 aliphatic rings. The largest absolute Gasteiger partial charge is 0.356 e. The number of nitrogens with one attached hydrogen (secondary N) is 1. The van der Waals surface area contributed by atoms with Gasteiger partial charge >= 0.3 is 0 Å². The van der Waals surface area contributed by atoms with Crippen molar-refractivity contribution in [2.45, 2.75) is 19.8 Å². The van der Waals surface area contributed by atoms with Gasteiger partial charge in [-0.15, -0.1) is 0 Å². The van der Waals surface area contributed by atoms with E-state index in [2.05, 4.69) is 22.1 Å². The van der Waals surface area contributed by atoms with Gasteiger partial charge < -0.3 is 10.2 Å². The van der Waals surface area contributed by atoms with E-state index in [1.54, 1.807) is 6.20 Å². The molecule has 0 aliphatic carbocycles. The lowest BCUT2D eigenvalue weighted by Crippen LogP contribution is -2.34. The van der Waals surface area contributed by atoms with Gasteiger partial charge in [-0.1, -0.05) is 6.92 Å². The zero-order chi connectivity index (χ0) is 16.2. The van der Waals surface area contributed by atoms with Crippen LogP contribution in [0.3, 0.4) is 0 Å². The summed E-state index contributed by atoms with van der Waals surface area (Å²) in [6.45, 7) is 4.30. The van der Waals surface area contributed by atoms with Crippen LogP contribution in [-0.2, 0) is 0 Å². The first-order valence-electron chi connectivity index (χ1n) is 7.90. The number of hydrogen-bond donors (Lipinski definition) is 1. The van der Waals surface area contributed by atoms with Crippen LogP contribution in [0.15, 0.2) is 42.6 Å². The molecular formula is C18H20FN3O. The third-order valence-corrected chi connectivity index (χ3v) is 4.09. The Morgan fingerprint density at radius 2 is 2.04 bits per heavy atom. The molecular weight excluding hydrogens is 293 g/mol. The molecule has 23 heavy (non-hydrogen) atoms. The Labute approximate surface area is 135 Å². The van der Waals surface area contributed by atoms with Gasteiger partial charge in [-0.25, -0.2) is 9.37 Å². The molecule has 1 unspecified atom stereocenters. The maximum absolute atomic E-state index is 12.9. The Balaban J connectivity index is 1.65. The summed E-state index contributed by atoms with van der Waals surface area (Å²) < 4.78 is 12.9. The highest BCUT2D eigenvalue weighted by atomic mass is 19.1. The number of hydrogen-bond acceptors (Lipinski definition) is 3. The van der Waals surface area contributed by atoms with E-state index in [0.29, 0.717) is 17.2 Å². The number of piperidine rings is 1. The first-order chi connectivity index (χ1) is 11.1. The molecule has 2 heterocycles. The van der Waals surface area contributed by atoms with Crippen LogP contribution >= 0.6 is 0 Å². The summed E-state index contributed by atoms with van der Waals surface area (Å²) in [7, 11) is 0. The van der Waals surface area contributed by atoms with E-state index in [-0.39, 0.29) is 11.7 Å². The summed E-state index contributed by atoms with van der Waals surface area (Å²) >= 11 is 0. The highest BCUT2D eigenvalue weighted by Crippen LogP contribution is 2.22. The van der Waals surface area contributed by atoms with E-state index in [4.69, 9.17) is 0 Å². The second-order valence-corrected chi connectivity index (χ2v) is 6.06. The van der Waals surface area contributed by atoms with Crippen LogP contribution in [0.2, 0.25) is 0 Å². The van der Waals surface area contributed by atoms with Crippen LogP contribution in [0.1, 0.15) is 30.1 Å². The van der Waals surface area contributed by atoms with Gasteiger partial charge in [0.05, 0.1) is 11.9 Å². The summed E-state index contributed by atoms with van der Waals surface area (Å²) in [5, 5.41) is 2.77. The summed E-state index contributed by atoms with van der Waals surface area (Å²) in [6, 6.07) is 9.24. The van der Waals surface area contributed by atoms with Crippen LogP contribution in [0, 0.1) is 11.7 Å². The fourth-order valence-corrected chi connectivity index (χ4v) is 2.85. The lowest BCUT2D eigenvalue weighted by molar-refractivity contribution is 0.102. The predicted octanol–water partition coefficient (Wildman–Crippen LogP) is 3.71. The minimum Gasteiger partial charge on any atom is -0.356 e. The van der Waals surface area contributed by atoms with E-state index in [1.165, 1.54) is 37.1 Å². The average Bonchev–Trinajstić information content (AvgIpc) is 2.56. The van der Waals surface area contributed by atoms with Gasteiger partial charge in [-0.2, -0.15) is 0 Å². The zero-order valence-electron chi connectivity index (χ0n) is 13.1. The maximum atomic E-state index is 12.9. The van der Waals surface area contributed by atoms with Crippen molar-refractivity contribution in [2.24, 2.45) is 5.92 Å². The second kappa shape index (κ2) is 6.77. The molecule has 1 fully saturated rings. The Hall–Kier alpha value is -2.43. The van der Waals surface area contributed by atoms with Crippen LogP contribution in [0.25, 0.3) is 0 Å². The van der Waals surface area contributed by atoms with E-state index >= 15 is 0 Å². The minimum absolute atomic E-state index is 0.272. The fraction of sp³-hybridized carbons (Fsp3) is 0.333.